The summed E-state index contributed by atoms with van der Waals surface area (Å²) in [5.41, 5.74) is 1.33. The fourth-order valence-corrected chi connectivity index (χ4v) is 4.27. The molecule has 0 radical (unpaired) electrons. The van der Waals surface area contributed by atoms with Gasteiger partial charge in [0.1, 0.15) is 0 Å². The Kier molecular flexibility index (Phi) is 6.68. The molecule has 0 aromatic heterocycles. The summed E-state index contributed by atoms with van der Waals surface area (Å²) in [6.07, 6.45) is 1.09. The average Bonchev–Trinajstić information content (AvgIpc) is 2.46. The van der Waals surface area contributed by atoms with Gasteiger partial charge in [0, 0.05) is 52.5 Å². The van der Waals surface area contributed by atoms with Crippen LogP contribution in [0.3, 0.4) is 0 Å². The molecule has 1 aliphatic heterocycles. The van der Waals surface area contributed by atoms with Crippen LogP contribution in [0.15, 0.2) is 28.7 Å². The SMILES string of the molecule is CCNC(CCN1CCS(=O)CC1)c1ccccc1Br. The van der Waals surface area contributed by atoms with Gasteiger partial charge in [0.2, 0.25) is 0 Å². The van der Waals surface area contributed by atoms with Crippen molar-refractivity contribution in [3.05, 3.63) is 34.3 Å². The minimum absolute atomic E-state index is 0.378. The van der Waals surface area contributed by atoms with Gasteiger partial charge in [-0.1, -0.05) is 41.1 Å². The molecule has 1 unspecified atom stereocenters. The highest BCUT2D eigenvalue weighted by Gasteiger charge is 2.18. The van der Waals surface area contributed by atoms with E-state index in [1.807, 2.05) is 0 Å². The molecule has 1 saturated heterocycles. The zero-order valence-corrected chi connectivity index (χ0v) is 14.4. The molecule has 0 spiro atoms. The zero-order valence-electron chi connectivity index (χ0n) is 12.0. The molecule has 20 heavy (non-hydrogen) atoms. The number of hydrogen-bond donors (Lipinski definition) is 1. The topological polar surface area (TPSA) is 32.3 Å². The van der Waals surface area contributed by atoms with Crippen molar-refractivity contribution in [2.75, 3.05) is 37.7 Å². The Bertz CT molecular complexity index is 445. The second-order valence-corrected chi connectivity index (χ2v) is 7.66. The van der Waals surface area contributed by atoms with E-state index in [0.29, 0.717) is 6.04 Å². The van der Waals surface area contributed by atoms with Crippen LogP contribution in [0.1, 0.15) is 24.9 Å². The van der Waals surface area contributed by atoms with E-state index < -0.39 is 10.8 Å². The minimum atomic E-state index is -0.583. The third-order valence-electron chi connectivity index (χ3n) is 3.74. The first kappa shape index (κ1) is 16.1. The van der Waals surface area contributed by atoms with Crippen molar-refractivity contribution in [1.82, 2.24) is 10.2 Å². The second-order valence-electron chi connectivity index (χ2n) is 5.11. The number of nitrogens with zero attached hydrogens (tertiary/aromatic N) is 1. The number of hydrogen-bond acceptors (Lipinski definition) is 3. The van der Waals surface area contributed by atoms with Crippen molar-refractivity contribution in [3.63, 3.8) is 0 Å². The molecule has 0 amide bonds. The molecule has 1 heterocycles. The van der Waals surface area contributed by atoms with E-state index in [9.17, 15) is 4.21 Å². The van der Waals surface area contributed by atoms with Crippen LogP contribution in [0, 0.1) is 0 Å². The number of nitrogens with one attached hydrogen (secondary N) is 1. The maximum absolute atomic E-state index is 11.4. The van der Waals surface area contributed by atoms with Crippen LogP contribution in [0.25, 0.3) is 0 Å². The maximum atomic E-state index is 11.4. The van der Waals surface area contributed by atoms with Gasteiger partial charge in [-0.05, 0) is 24.6 Å². The summed E-state index contributed by atoms with van der Waals surface area (Å²) in [6.45, 7) is 6.13. The van der Waals surface area contributed by atoms with Gasteiger partial charge in [-0.2, -0.15) is 0 Å². The molecule has 1 aromatic carbocycles. The molecular weight excluding hydrogens is 336 g/mol. The van der Waals surface area contributed by atoms with Crippen LogP contribution in [-0.4, -0.2) is 46.8 Å². The molecular formula is C15H23BrN2OS. The number of rotatable bonds is 6. The Morgan fingerprint density at radius 1 is 1.35 bits per heavy atom. The Hall–Kier alpha value is -0.230. The Morgan fingerprint density at radius 3 is 2.70 bits per heavy atom. The van der Waals surface area contributed by atoms with E-state index in [4.69, 9.17) is 0 Å². The van der Waals surface area contributed by atoms with Gasteiger partial charge in [0.05, 0.1) is 0 Å². The van der Waals surface area contributed by atoms with Gasteiger partial charge in [-0.15, -0.1) is 0 Å². The van der Waals surface area contributed by atoms with Gasteiger partial charge in [0.25, 0.3) is 0 Å². The molecule has 2 rings (SSSR count). The summed E-state index contributed by atoms with van der Waals surface area (Å²) in [7, 11) is -0.583. The minimum Gasteiger partial charge on any atom is -0.310 e. The van der Waals surface area contributed by atoms with Gasteiger partial charge >= 0.3 is 0 Å². The van der Waals surface area contributed by atoms with Gasteiger partial charge in [0.15, 0.2) is 0 Å². The third-order valence-corrected chi connectivity index (χ3v) is 5.73. The first-order chi connectivity index (χ1) is 9.70. The Balaban J connectivity index is 1.93. The molecule has 0 saturated carbocycles. The number of halogens is 1. The van der Waals surface area contributed by atoms with Gasteiger partial charge in [-0.3, -0.25) is 4.21 Å². The predicted octanol–water partition coefficient (Wildman–Crippen LogP) is 2.55. The first-order valence-corrected chi connectivity index (χ1v) is 9.54. The lowest BCUT2D eigenvalue weighted by Crippen LogP contribution is -2.39. The summed E-state index contributed by atoms with van der Waals surface area (Å²) in [4.78, 5) is 2.43. The van der Waals surface area contributed by atoms with E-state index in [1.165, 1.54) is 10.0 Å². The molecule has 0 aliphatic carbocycles. The van der Waals surface area contributed by atoms with E-state index in [0.717, 1.165) is 44.1 Å². The predicted molar refractivity (Wildman–Crippen MR) is 89.5 cm³/mol. The molecule has 1 aromatic rings. The third kappa shape index (κ3) is 4.65. The Labute approximate surface area is 132 Å². The van der Waals surface area contributed by atoms with Crippen molar-refractivity contribution in [2.45, 2.75) is 19.4 Å². The highest BCUT2D eigenvalue weighted by molar-refractivity contribution is 9.10. The van der Waals surface area contributed by atoms with E-state index in [2.05, 4.69) is 57.3 Å². The van der Waals surface area contributed by atoms with Crippen LogP contribution in [0.2, 0.25) is 0 Å². The normalized spacial score (nSPS) is 19.1. The fraction of sp³-hybridized carbons (Fsp3) is 0.600. The van der Waals surface area contributed by atoms with Gasteiger partial charge in [-0.25, -0.2) is 0 Å². The van der Waals surface area contributed by atoms with Crippen LogP contribution in [0.5, 0.6) is 0 Å². The quantitative estimate of drug-likeness (QED) is 0.847. The summed E-state index contributed by atoms with van der Waals surface area (Å²) in [5, 5.41) is 3.57. The highest BCUT2D eigenvalue weighted by Crippen LogP contribution is 2.25. The van der Waals surface area contributed by atoms with Crippen molar-refractivity contribution in [1.29, 1.82) is 0 Å². The van der Waals surface area contributed by atoms with Crippen molar-refractivity contribution >= 4 is 26.7 Å². The van der Waals surface area contributed by atoms with Crippen LogP contribution in [0.4, 0.5) is 0 Å². The largest absolute Gasteiger partial charge is 0.310 e. The van der Waals surface area contributed by atoms with Crippen LogP contribution >= 0.6 is 15.9 Å². The summed E-state index contributed by atoms with van der Waals surface area (Å²) < 4.78 is 12.6. The molecule has 112 valence electrons. The molecule has 1 fully saturated rings. The van der Waals surface area contributed by atoms with Crippen LogP contribution < -0.4 is 5.32 Å². The lowest BCUT2D eigenvalue weighted by molar-refractivity contribution is 0.279. The molecule has 5 heteroatoms. The standard InChI is InChI=1S/C15H23BrN2OS/c1-2-17-15(13-5-3-4-6-14(13)16)7-8-18-9-11-20(19)12-10-18/h3-6,15,17H,2,7-12H2,1H3. The average molecular weight is 359 g/mol. The van der Waals surface area contributed by atoms with Gasteiger partial charge < -0.3 is 10.2 Å². The monoisotopic (exact) mass is 358 g/mol. The molecule has 0 bridgehead atoms. The van der Waals surface area contributed by atoms with Crippen molar-refractivity contribution < 1.29 is 4.21 Å². The molecule has 1 aliphatic rings. The van der Waals surface area contributed by atoms with Crippen LogP contribution in [-0.2, 0) is 10.8 Å². The summed E-state index contributed by atoms with van der Waals surface area (Å²) >= 11 is 3.65. The fourth-order valence-electron chi connectivity index (χ4n) is 2.58. The zero-order chi connectivity index (χ0) is 14.4. The number of benzene rings is 1. The van der Waals surface area contributed by atoms with E-state index >= 15 is 0 Å². The highest BCUT2D eigenvalue weighted by atomic mass is 79.9. The first-order valence-electron chi connectivity index (χ1n) is 7.26. The smallest absolute Gasteiger partial charge is 0.0363 e. The maximum Gasteiger partial charge on any atom is 0.0363 e. The van der Waals surface area contributed by atoms with E-state index in [-0.39, 0.29) is 0 Å². The molecule has 1 N–H and O–H groups in total. The lowest BCUT2D eigenvalue weighted by atomic mass is 10.0. The van der Waals surface area contributed by atoms with E-state index in [1.54, 1.807) is 0 Å². The summed E-state index contributed by atoms with van der Waals surface area (Å²) in [5.74, 6) is 1.67. The second kappa shape index (κ2) is 8.27. The van der Waals surface area contributed by atoms with Crippen molar-refractivity contribution in [3.8, 4) is 0 Å². The summed E-state index contributed by atoms with van der Waals surface area (Å²) in [6, 6.07) is 8.81. The van der Waals surface area contributed by atoms with Crippen molar-refractivity contribution in [2.24, 2.45) is 0 Å². The molecule has 3 nitrogen and oxygen atoms in total. The Morgan fingerprint density at radius 2 is 2.05 bits per heavy atom. The molecule has 1 atom stereocenters. The lowest BCUT2D eigenvalue weighted by Gasteiger charge is -2.28.